The van der Waals surface area contributed by atoms with Gasteiger partial charge in [0, 0.05) is 34.1 Å². The van der Waals surface area contributed by atoms with Gasteiger partial charge in [-0.1, -0.05) is 199 Å². The van der Waals surface area contributed by atoms with E-state index in [-0.39, 0.29) is 0 Å². The molecule has 1 aliphatic carbocycles. The number of anilines is 5. The molecule has 0 radical (unpaired) electrons. The molecule has 0 heterocycles. The SMILES string of the molecule is CC1=CC=C(N(c2ccc(C=C(c3ccccc3)c3ccccc3)cc2)c2ccc(-c3ccc(N(c4ccc(C)cc4)c4ccc(C=C(c5ccccc5)c5ccccc5)cc4)cc3)cc2)CC1. The van der Waals surface area contributed by atoms with Crippen molar-refractivity contribution in [3.63, 3.8) is 0 Å². The summed E-state index contributed by atoms with van der Waals surface area (Å²) in [4.78, 5) is 4.76. The lowest BCUT2D eigenvalue weighted by Crippen LogP contribution is -2.17. The van der Waals surface area contributed by atoms with Gasteiger partial charge in [0.15, 0.2) is 0 Å². The van der Waals surface area contributed by atoms with E-state index in [1.54, 1.807) is 0 Å². The van der Waals surface area contributed by atoms with Gasteiger partial charge in [0.2, 0.25) is 0 Å². The number of aryl methyl sites for hydroxylation is 1. The molecule has 2 nitrogen and oxygen atoms in total. The number of nitrogens with zero attached hydrogens (tertiary/aromatic N) is 2. The van der Waals surface area contributed by atoms with Gasteiger partial charge in [0.25, 0.3) is 0 Å². The molecule has 0 bridgehead atoms. The summed E-state index contributed by atoms with van der Waals surface area (Å²) in [7, 11) is 0. The molecule has 0 aromatic heterocycles. The third-order valence-corrected chi connectivity index (χ3v) is 12.8. The second kappa shape index (κ2) is 20.4. The Balaban J connectivity index is 0.930. The van der Waals surface area contributed by atoms with Crippen LogP contribution in [0.5, 0.6) is 0 Å². The van der Waals surface area contributed by atoms with Gasteiger partial charge in [-0.2, -0.15) is 0 Å². The summed E-state index contributed by atoms with van der Waals surface area (Å²) < 4.78 is 0. The molecule has 9 aromatic carbocycles. The van der Waals surface area contributed by atoms with E-state index in [0.29, 0.717) is 0 Å². The largest absolute Gasteiger partial charge is 0.314 e. The van der Waals surface area contributed by atoms with Gasteiger partial charge in [-0.25, -0.2) is 0 Å². The zero-order valence-electron chi connectivity index (χ0n) is 38.7. The molecule has 0 amide bonds. The number of rotatable bonds is 13. The fraction of sp³-hybridized carbons (Fsp3) is 0.0606. The average molecular weight is 875 g/mol. The minimum Gasteiger partial charge on any atom is -0.314 e. The van der Waals surface area contributed by atoms with E-state index in [0.717, 1.165) is 52.4 Å². The predicted molar refractivity (Wildman–Crippen MR) is 291 cm³/mol. The van der Waals surface area contributed by atoms with Gasteiger partial charge >= 0.3 is 0 Å². The highest BCUT2D eigenvalue weighted by Crippen LogP contribution is 2.39. The Morgan fingerprint density at radius 2 is 0.647 bits per heavy atom. The van der Waals surface area contributed by atoms with Gasteiger partial charge in [0.1, 0.15) is 0 Å². The molecular weight excluding hydrogens is 821 g/mol. The highest BCUT2D eigenvalue weighted by molar-refractivity contribution is 5.93. The van der Waals surface area contributed by atoms with Gasteiger partial charge in [-0.15, -0.1) is 0 Å². The first-order valence-electron chi connectivity index (χ1n) is 23.6. The lowest BCUT2D eigenvalue weighted by molar-refractivity contribution is 0.875. The lowest BCUT2D eigenvalue weighted by Gasteiger charge is -2.30. The summed E-state index contributed by atoms with van der Waals surface area (Å²) in [5.74, 6) is 0. The van der Waals surface area contributed by atoms with Crippen molar-refractivity contribution in [3.8, 4) is 11.1 Å². The van der Waals surface area contributed by atoms with E-state index >= 15 is 0 Å². The Bertz CT molecular complexity index is 3120. The quantitative estimate of drug-likeness (QED) is 0.107. The van der Waals surface area contributed by atoms with Crippen LogP contribution >= 0.6 is 0 Å². The van der Waals surface area contributed by atoms with Crippen LogP contribution in [-0.4, -0.2) is 0 Å². The molecule has 0 saturated carbocycles. The molecule has 0 spiro atoms. The van der Waals surface area contributed by atoms with Crippen molar-refractivity contribution in [1.82, 2.24) is 0 Å². The van der Waals surface area contributed by atoms with E-state index in [4.69, 9.17) is 0 Å². The van der Waals surface area contributed by atoms with Crippen molar-refractivity contribution in [2.24, 2.45) is 0 Å². The van der Waals surface area contributed by atoms with Crippen LogP contribution in [0.15, 0.2) is 266 Å². The average Bonchev–Trinajstić information content (AvgIpc) is 3.41. The molecule has 1 aliphatic rings. The molecular formula is C66H54N2. The predicted octanol–water partition coefficient (Wildman–Crippen LogP) is 18.1. The molecule has 2 heteroatoms. The van der Waals surface area contributed by atoms with Crippen LogP contribution in [0.4, 0.5) is 28.4 Å². The van der Waals surface area contributed by atoms with Crippen molar-refractivity contribution in [3.05, 3.63) is 305 Å². The van der Waals surface area contributed by atoms with Crippen LogP contribution in [0.25, 0.3) is 34.4 Å². The van der Waals surface area contributed by atoms with Gasteiger partial charge in [-0.3, -0.25) is 0 Å². The Kier molecular flexibility index (Phi) is 13.0. The topological polar surface area (TPSA) is 6.48 Å². The van der Waals surface area contributed by atoms with Gasteiger partial charge in [-0.05, 0) is 161 Å². The molecule has 0 unspecified atom stereocenters. The molecule has 0 atom stereocenters. The second-order valence-electron chi connectivity index (χ2n) is 17.5. The fourth-order valence-electron chi connectivity index (χ4n) is 9.05. The molecule has 9 aromatic rings. The van der Waals surface area contributed by atoms with Gasteiger partial charge in [0.05, 0.1) is 0 Å². The smallest absolute Gasteiger partial charge is 0.0462 e. The van der Waals surface area contributed by atoms with E-state index in [2.05, 4.69) is 291 Å². The first-order valence-corrected chi connectivity index (χ1v) is 23.6. The standard InChI is InChI=1S/C66H54N2/c1-49-23-35-59(36-24-49)67(61-39-27-51(28-40-61)47-65(55-15-7-3-8-16-55)56-17-9-4-10-18-56)63-43-31-53(32-44-63)54-33-45-64(46-34-54)68(60-37-25-50(2)26-38-60)62-41-29-52(30-42-62)48-66(57-19-11-5-12-20-57)58-21-13-6-14-22-58/h3-25,27-37,39-48H,26,38H2,1-2H3. The van der Waals surface area contributed by atoms with E-state index < -0.39 is 0 Å². The Morgan fingerprint density at radius 1 is 0.324 bits per heavy atom. The molecule has 68 heavy (non-hydrogen) atoms. The maximum atomic E-state index is 2.42. The van der Waals surface area contributed by atoms with Crippen LogP contribution in [0.3, 0.4) is 0 Å². The summed E-state index contributed by atoms with van der Waals surface area (Å²) in [6.07, 6.45) is 11.2. The van der Waals surface area contributed by atoms with Crippen LogP contribution in [0.2, 0.25) is 0 Å². The number of benzene rings is 9. The third-order valence-electron chi connectivity index (χ3n) is 12.8. The highest BCUT2D eigenvalue weighted by Gasteiger charge is 2.18. The summed E-state index contributed by atoms with van der Waals surface area (Å²) in [6.45, 7) is 4.36. The summed E-state index contributed by atoms with van der Waals surface area (Å²) in [5.41, 5.74) is 21.4. The molecule has 328 valence electrons. The Labute approximate surface area is 402 Å². The second-order valence-corrected chi connectivity index (χ2v) is 17.5. The lowest BCUT2D eigenvalue weighted by atomic mass is 9.95. The minimum atomic E-state index is 0.985. The van der Waals surface area contributed by atoms with Crippen LogP contribution in [0.1, 0.15) is 58.7 Å². The van der Waals surface area contributed by atoms with Crippen molar-refractivity contribution in [1.29, 1.82) is 0 Å². The first kappa shape index (κ1) is 43.4. The maximum Gasteiger partial charge on any atom is 0.0462 e. The monoisotopic (exact) mass is 874 g/mol. The van der Waals surface area contributed by atoms with Crippen molar-refractivity contribution in [2.75, 3.05) is 9.80 Å². The Hall–Kier alpha value is -8.46. The summed E-state index contributed by atoms with van der Waals surface area (Å²) in [6, 6.07) is 87.3. The number of hydrogen-bond donors (Lipinski definition) is 0. The van der Waals surface area contributed by atoms with Crippen LogP contribution in [-0.2, 0) is 0 Å². The highest BCUT2D eigenvalue weighted by atomic mass is 15.2. The zero-order chi connectivity index (χ0) is 46.1. The van der Waals surface area contributed by atoms with Crippen molar-refractivity contribution < 1.29 is 0 Å². The molecule has 0 saturated heterocycles. The zero-order valence-corrected chi connectivity index (χ0v) is 38.7. The third kappa shape index (κ3) is 10.0. The normalized spacial score (nSPS) is 12.0. The van der Waals surface area contributed by atoms with E-state index in [1.807, 2.05) is 0 Å². The van der Waals surface area contributed by atoms with Crippen molar-refractivity contribution >= 4 is 51.7 Å². The van der Waals surface area contributed by atoms with E-state index in [9.17, 15) is 0 Å². The molecule has 0 fully saturated rings. The summed E-state index contributed by atoms with van der Waals surface area (Å²) >= 11 is 0. The van der Waals surface area contributed by atoms with Gasteiger partial charge < -0.3 is 9.80 Å². The first-order chi connectivity index (χ1) is 33.5. The maximum absolute atomic E-state index is 2.42. The minimum absolute atomic E-state index is 0.985. The van der Waals surface area contributed by atoms with E-state index in [1.165, 1.54) is 61.4 Å². The van der Waals surface area contributed by atoms with Crippen LogP contribution in [0, 0.1) is 6.92 Å². The number of allylic oxidation sites excluding steroid dienone is 4. The Morgan fingerprint density at radius 3 is 0.985 bits per heavy atom. The molecule has 0 aliphatic heterocycles. The molecule has 0 N–H and O–H groups in total. The number of hydrogen-bond acceptors (Lipinski definition) is 2. The van der Waals surface area contributed by atoms with Crippen LogP contribution < -0.4 is 9.80 Å². The molecule has 10 rings (SSSR count). The summed E-state index contributed by atoms with van der Waals surface area (Å²) in [5, 5.41) is 0. The van der Waals surface area contributed by atoms with Crippen molar-refractivity contribution in [2.45, 2.75) is 26.7 Å². The fourth-order valence-corrected chi connectivity index (χ4v) is 9.05.